The summed E-state index contributed by atoms with van der Waals surface area (Å²) in [7, 11) is 0. The molecule has 0 saturated carbocycles. The van der Waals surface area contributed by atoms with E-state index in [9.17, 15) is 4.39 Å². The summed E-state index contributed by atoms with van der Waals surface area (Å²) < 4.78 is 13.1. The van der Waals surface area contributed by atoms with Crippen LogP contribution in [0.4, 0.5) is 15.8 Å². The maximum absolute atomic E-state index is 13.1. The summed E-state index contributed by atoms with van der Waals surface area (Å²) in [5, 5.41) is 0. The van der Waals surface area contributed by atoms with Gasteiger partial charge >= 0.3 is 0 Å². The number of nitrogens with zero attached hydrogens (tertiary/aromatic N) is 1. The summed E-state index contributed by atoms with van der Waals surface area (Å²) in [5.41, 5.74) is 6.54. The van der Waals surface area contributed by atoms with Crippen LogP contribution in [0.25, 0.3) is 0 Å². The van der Waals surface area contributed by atoms with Gasteiger partial charge < -0.3 is 10.6 Å². The lowest BCUT2D eigenvalue weighted by Gasteiger charge is -2.40. The molecule has 2 N–H and O–H groups in total. The van der Waals surface area contributed by atoms with E-state index in [1.54, 1.807) is 6.07 Å². The van der Waals surface area contributed by atoms with E-state index in [4.69, 9.17) is 5.73 Å². The molecule has 2 rings (SSSR count). The number of hydrogen-bond acceptors (Lipinski definition) is 2. The summed E-state index contributed by atoms with van der Waals surface area (Å²) >= 11 is 0. The zero-order valence-corrected chi connectivity index (χ0v) is 7.63. The minimum Gasteiger partial charge on any atom is -0.396 e. The van der Waals surface area contributed by atoms with E-state index in [1.807, 2.05) is 6.07 Å². The summed E-state index contributed by atoms with van der Waals surface area (Å²) in [6.07, 6.45) is 1.19. The first-order valence-electron chi connectivity index (χ1n) is 4.50. The highest BCUT2D eigenvalue weighted by atomic mass is 19.1. The molecule has 1 fully saturated rings. The Morgan fingerprint density at radius 3 is 2.77 bits per heavy atom. The minimum atomic E-state index is -0.323. The van der Waals surface area contributed by atoms with Crippen molar-refractivity contribution in [2.75, 3.05) is 17.2 Å². The normalized spacial score (nSPS) is 21.4. The predicted octanol–water partition coefficient (Wildman–Crippen LogP) is 2.01. The van der Waals surface area contributed by atoms with Gasteiger partial charge in [0.2, 0.25) is 0 Å². The highest BCUT2D eigenvalue weighted by Crippen LogP contribution is 2.27. The lowest BCUT2D eigenvalue weighted by molar-refractivity contribution is 0.480. The Morgan fingerprint density at radius 1 is 1.54 bits per heavy atom. The smallest absolute Gasteiger partial charge is 0.148 e. The maximum Gasteiger partial charge on any atom is 0.148 e. The highest BCUT2D eigenvalue weighted by molar-refractivity contribution is 5.55. The Kier molecular flexibility index (Phi) is 1.87. The fraction of sp³-hybridized carbons (Fsp3) is 0.400. The van der Waals surface area contributed by atoms with Gasteiger partial charge in [-0.25, -0.2) is 4.39 Å². The highest BCUT2D eigenvalue weighted by Gasteiger charge is 2.23. The van der Waals surface area contributed by atoms with E-state index in [0.717, 1.165) is 12.2 Å². The number of anilines is 2. The summed E-state index contributed by atoms with van der Waals surface area (Å²) in [4.78, 5) is 2.17. The van der Waals surface area contributed by atoms with Gasteiger partial charge in [-0.1, -0.05) is 0 Å². The van der Waals surface area contributed by atoms with Crippen molar-refractivity contribution in [1.29, 1.82) is 0 Å². The standard InChI is InChI=1S/C10H13FN2/c1-7-4-5-13(7)8-2-3-10(12)9(11)6-8/h2-3,6-7H,4-5,12H2,1H3. The van der Waals surface area contributed by atoms with Gasteiger partial charge in [-0.15, -0.1) is 0 Å². The Hall–Kier alpha value is -1.25. The molecule has 1 unspecified atom stereocenters. The molecule has 0 amide bonds. The van der Waals surface area contributed by atoms with Crippen LogP contribution in [0.15, 0.2) is 18.2 Å². The van der Waals surface area contributed by atoms with Crippen LogP contribution in [-0.2, 0) is 0 Å². The largest absolute Gasteiger partial charge is 0.396 e. The van der Waals surface area contributed by atoms with E-state index in [2.05, 4.69) is 11.8 Å². The van der Waals surface area contributed by atoms with Gasteiger partial charge in [0.1, 0.15) is 5.82 Å². The molecule has 0 bridgehead atoms. The lowest BCUT2D eigenvalue weighted by Crippen LogP contribution is -2.45. The van der Waals surface area contributed by atoms with Crippen LogP contribution in [0, 0.1) is 5.82 Å². The van der Waals surface area contributed by atoms with Gasteiger partial charge in [-0.3, -0.25) is 0 Å². The van der Waals surface area contributed by atoms with E-state index in [-0.39, 0.29) is 11.5 Å². The number of halogens is 1. The molecule has 3 heteroatoms. The molecule has 1 atom stereocenters. The number of hydrogen-bond donors (Lipinski definition) is 1. The summed E-state index contributed by atoms with van der Waals surface area (Å²) in [6.45, 7) is 3.16. The van der Waals surface area contributed by atoms with Crippen LogP contribution in [0.1, 0.15) is 13.3 Å². The van der Waals surface area contributed by atoms with Gasteiger partial charge in [-0.05, 0) is 31.5 Å². The Labute approximate surface area is 77.2 Å². The van der Waals surface area contributed by atoms with Crippen molar-refractivity contribution in [2.24, 2.45) is 0 Å². The Balaban J connectivity index is 2.26. The lowest BCUT2D eigenvalue weighted by atomic mass is 10.0. The average molecular weight is 180 g/mol. The van der Waals surface area contributed by atoms with Crippen LogP contribution in [0.5, 0.6) is 0 Å². The first kappa shape index (κ1) is 8.35. The third-order valence-corrected chi connectivity index (χ3v) is 2.64. The van der Waals surface area contributed by atoms with Crippen molar-refractivity contribution >= 4 is 11.4 Å². The third kappa shape index (κ3) is 1.34. The van der Waals surface area contributed by atoms with E-state index in [0.29, 0.717) is 6.04 Å². The number of benzene rings is 1. The Morgan fingerprint density at radius 2 is 2.31 bits per heavy atom. The van der Waals surface area contributed by atoms with Crippen LogP contribution in [0.3, 0.4) is 0 Å². The molecule has 1 heterocycles. The second-order valence-corrected chi connectivity index (χ2v) is 3.54. The quantitative estimate of drug-likeness (QED) is 0.670. The molecule has 1 aliphatic rings. The number of nitrogen functional groups attached to an aromatic ring is 1. The van der Waals surface area contributed by atoms with Crippen molar-refractivity contribution in [3.8, 4) is 0 Å². The molecular formula is C10H13FN2. The van der Waals surface area contributed by atoms with Crippen molar-refractivity contribution < 1.29 is 4.39 Å². The molecule has 0 spiro atoms. The Bertz CT molecular complexity index is 325. The van der Waals surface area contributed by atoms with Crippen molar-refractivity contribution in [3.05, 3.63) is 24.0 Å². The van der Waals surface area contributed by atoms with Crippen molar-refractivity contribution in [1.82, 2.24) is 0 Å². The second kappa shape index (κ2) is 2.91. The van der Waals surface area contributed by atoms with Gasteiger partial charge in [-0.2, -0.15) is 0 Å². The number of rotatable bonds is 1. The van der Waals surface area contributed by atoms with Crippen molar-refractivity contribution in [2.45, 2.75) is 19.4 Å². The first-order chi connectivity index (χ1) is 6.18. The maximum atomic E-state index is 13.1. The van der Waals surface area contributed by atoms with E-state index < -0.39 is 0 Å². The zero-order chi connectivity index (χ0) is 9.42. The minimum absolute atomic E-state index is 0.219. The van der Waals surface area contributed by atoms with Crippen LogP contribution >= 0.6 is 0 Å². The monoisotopic (exact) mass is 180 g/mol. The molecule has 1 aromatic rings. The SMILES string of the molecule is CC1CCN1c1ccc(N)c(F)c1. The van der Waals surface area contributed by atoms with Crippen LogP contribution in [-0.4, -0.2) is 12.6 Å². The van der Waals surface area contributed by atoms with E-state index in [1.165, 1.54) is 12.5 Å². The molecule has 13 heavy (non-hydrogen) atoms. The zero-order valence-electron chi connectivity index (χ0n) is 7.63. The van der Waals surface area contributed by atoms with Gasteiger partial charge in [0, 0.05) is 18.3 Å². The molecule has 2 nitrogen and oxygen atoms in total. The molecule has 1 aromatic carbocycles. The molecule has 1 aliphatic heterocycles. The van der Waals surface area contributed by atoms with Crippen LogP contribution < -0.4 is 10.6 Å². The summed E-state index contributed by atoms with van der Waals surface area (Å²) in [6, 6.07) is 5.53. The van der Waals surface area contributed by atoms with E-state index >= 15 is 0 Å². The van der Waals surface area contributed by atoms with Crippen molar-refractivity contribution in [3.63, 3.8) is 0 Å². The molecule has 70 valence electrons. The molecule has 1 saturated heterocycles. The molecule has 0 radical (unpaired) electrons. The fourth-order valence-electron chi connectivity index (χ4n) is 1.59. The number of nitrogens with two attached hydrogens (primary N) is 1. The van der Waals surface area contributed by atoms with Crippen LogP contribution in [0.2, 0.25) is 0 Å². The third-order valence-electron chi connectivity index (χ3n) is 2.64. The predicted molar refractivity (Wildman–Crippen MR) is 52.2 cm³/mol. The second-order valence-electron chi connectivity index (χ2n) is 3.54. The first-order valence-corrected chi connectivity index (χ1v) is 4.50. The molecule has 0 aliphatic carbocycles. The van der Waals surface area contributed by atoms with Gasteiger partial charge in [0.15, 0.2) is 0 Å². The van der Waals surface area contributed by atoms with Gasteiger partial charge in [0.05, 0.1) is 5.69 Å². The fourth-order valence-corrected chi connectivity index (χ4v) is 1.59. The summed E-state index contributed by atoms with van der Waals surface area (Å²) in [5.74, 6) is -0.323. The van der Waals surface area contributed by atoms with Gasteiger partial charge in [0.25, 0.3) is 0 Å². The molecular weight excluding hydrogens is 167 g/mol. The molecule has 0 aromatic heterocycles. The average Bonchev–Trinajstić information content (AvgIpc) is 2.09. The topological polar surface area (TPSA) is 29.3 Å².